The Morgan fingerprint density at radius 1 is 0.835 bits per heavy atom. The summed E-state index contributed by atoms with van der Waals surface area (Å²) < 4.78 is 23.3. The molecule has 16 atom stereocenters. The van der Waals surface area contributed by atoms with E-state index < -0.39 is 125 Å². The van der Waals surface area contributed by atoms with Crippen LogP contribution in [-0.2, 0) is 68.3 Å². The van der Waals surface area contributed by atoms with E-state index in [0.717, 1.165) is 95.0 Å². The zero-order chi connectivity index (χ0) is 86.1. The highest BCUT2D eigenvalue weighted by molar-refractivity contribution is 8.76. The number of para-hydroxylation sites is 1. The fourth-order valence-electron chi connectivity index (χ4n) is 20.6. The second-order valence-corrected chi connectivity index (χ2v) is 37.2. The van der Waals surface area contributed by atoms with Crippen LogP contribution in [-0.4, -0.2) is 263 Å². The lowest BCUT2D eigenvalue weighted by Gasteiger charge is -2.63. The SMILES string of the molecule is CC[C@]1(O)CC2CN(CCc3c([nH]c4ccccc34)[C@@](C)(c3cc4c(cc3OC)N(C)[C@H]3[C@@](O)(C(=O)CNC(=O)OCCSSC[C@@H](CC(=O)[C@H](CNC(=O)CCCCCCCCOC5C[C@@H](O)C(O)C(CO)O5)NC(=O)CCCCC(=O)c5ccc(CCc6cnc7nc(C)[nH]c(=O)c7n6)cc5)C(=O)O)[C@H](O)[C@]5(CC)C=CCN6CC[C@]43[C@@H]65)C2)C1. The van der Waals surface area contributed by atoms with Crippen molar-refractivity contribution < 1.29 is 88.3 Å². The highest BCUT2D eigenvalue weighted by atomic mass is 33.1. The van der Waals surface area contributed by atoms with Crippen LogP contribution >= 0.6 is 21.6 Å². The number of aryl methyl sites for hydroxylation is 3. The van der Waals surface area contributed by atoms with E-state index >= 15 is 4.79 Å². The number of carbonyl (C=O) groups excluding carboxylic acids is 6. The zero-order valence-corrected chi connectivity index (χ0v) is 71.8. The van der Waals surface area contributed by atoms with Gasteiger partial charge in [0.2, 0.25) is 11.8 Å². The van der Waals surface area contributed by atoms with E-state index in [1.807, 2.05) is 55.3 Å². The first kappa shape index (κ1) is 90.5. The maximum Gasteiger partial charge on any atom is 0.407 e. The van der Waals surface area contributed by atoms with Crippen LogP contribution in [0.25, 0.3) is 22.1 Å². The van der Waals surface area contributed by atoms with E-state index in [-0.39, 0.29) is 97.1 Å². The van der Waals surface area contributed by atoms with E-state index in [9.17, 15) is 69.3 Å². The highest BCUT2D eigenvalue weighted by Gasteiger charge is 2.78. The molecule has 6 aromatic rings. The van der Waals surface area contributed by atoms with Crippen molar-refractivity contribution >= 4 is 90.6 Å². The second kappa shape index (κ2) is 39.3. The molecule has 121 heavy (non-hydrogen) atoms. The molecule has 4 fully saturated rings. The molecule has 3 saturated heterocycles. The average molecular weight is 1710 g/mol. The minimum Gasteiger partial charge on any atom is -0.496 e. The number of aromatic nitrogens is 5. The van der Waals surface area contributed by atoms with Gasteiger partial charge in [-0.15, -0.1) is 0 Å². The van der Waals surface area contributed by atoms with Crippen molar-refractivity contribution in [3.63, 3.8) is 0 Å². The Balaban J connectivity index is 0.608. The summed E-state index contributed by atoms with van der Waals surface area (Å²) in [4.78, 5) is 135. The first-order valence-corrected chi connectivity index (χ1v) is 45.5. The molecule has 1 aliphatic carbocycles. The van der Waals surface area contributed by atoms with Gasteiger partial charge >= 0.3 is 12.1 Å². The molecule has 13 rings (SSSR count). The van der Waals surface area contributed by atoms with E-state index in [0.29, 0.717) is 113 Å². The topological polar surface area (TPSA) is 431 Å². The van der Waals surface area contributed by atoms with Gasteiger partial charge in [-0.05, 0) is 132 Å². The van der Waals surface area contributed by atoms with Crippen LogP contribution in [0.1, 0.15) is 186 Å². The van der Waals surface area contributed by atoms with Gasteiger partial charge in [-0.25, -0.2) is 19.7 Å². The smallest absolute Gasteiger partial charge is 0.407 e. The number of ketones is 3. The Morgan fingerprint density at radius 3 is 2.35 bits per heavy atom. The van der Waals surface area contributed by atoms with Crippen molar-refractivity contribution in [2.24, 2.45) is 17.3 Å². The van der Waals surface area contributed by atoms with Gasteiger partial charge in [0.15, 0.2) is 40.4 Å². The normalized spacial score (nSPS) is 27.7. The largest absolute Gasteiger partial charge is 0.496 e. The third-order valence-electron chi connectivity index (χ3n) is 26.7. The number of H-pyrrole nitrogens is 2. The van der Waals surface area contributed by atoms with Crippen LogP contribution < -0.4 is 31.1 Å². The number of benzene rings is 3. The maximum atomic E-state index is 15.4. The Morgan fingerprint density at radius 2 is 1.59 bits per heavy atom. The maximum absolute atomic E-state index is 15.4. The number of piperidine rings is 1. The number of alkyl carbamates (subject to hydrolysis) is 1. The number of aromatic amines is 2. The minimum atomic E-state index is -2.46. The molecule has 9 heterocycles. The molecule has 3 aromatic heterocycles. The number of nitrogens with one attached hydrogen (secondary N) is 5. The summed E-state index contributed by atoms with van der Waals surface area (Å²) in [5, 5.41) is 88.2. The number of aliphatic carboxylic acids is 1. The van der Waals surface area contributed by atoms with Gasteiger partial charge in [0.05, 0.1) is 55.8 Å². The number of methoxy groups -OCH3 is 1. The summed E-state index contributed by atoms with van der Waals surface area (Å²) in [5.41, 5.74) is 2.03. The first-order valence-electron chi connectivity index (χ1n) is 43.0. The highest BCUT2D eigenvalue weighted by Crippen LogP contribution is 2.68. The predicted octanol–water partition coefficient (Wildman–Crippen LogP) is 7.17. The summed E-state index contributed by atoms with van der Waals surface area (Å²) in [5.74, 6) is -3.69. The number of aliphatic hydroxyl groups excluding tert-OH is 4. The number of anilines is 1. The lowest BCUT2D eigenvalue weighted by Crippen LogP contribution is -2.81. The van der Waals surface area contributed by atoms with Crippen LogP contribution in [0, 0.1) is 24.2 Å². The molecule has 32 heteroatoms. The average Bonchev–Trinajstić information content (AvgIpc) is 1.48. The number of hydrogen-bond donors (Lipinski definition) is 12. The van der Waals surface area contributed by atoms with Crippen molar-refractivity contribution in [1.29, 1.82) is 0 Å². The molecule has 5 unspecified atom stereocenters. The quantitative estimate of drug-likeness (QED) is 0.00784. The molecule has 3 amide bonds. The number of hydrogen-bond acceptors (Lipinski definition) is 26. The lowest BCUT2D eigenvalue weighted by atomic mass is 9.47. The van der Waals surface area contributed by atoms with Gasteiger partial charge in [-0.1, -0.05) is 116 Å². The first-order chi connectivity index (χ1) is 58.1. The van der Waals surface area contributed by atoms with Gasteiger partial charge in [0, 0.05) is 152 Å². The number of fused-ring (bicyclic) bond motifs is 7. The Bertz CT molecular complexity index is 4820. The summed E-state index contributed by atoms with van der Waals surface area (Å²) in [7, 11) is 5.84. The van der Waals surface area contributed by atoms with Crippen molar-refractivity contribution in [2.45, 2.75) is 233 Å². The van der Waals surface area contributed by atoms with Crippen LogP contribution in [0.5, 0.6) is 5.75 Å². The van der Waals surface area contributed by atoms with E-state index in [1.165, 1.54) is 16.4 Å². The molecule has 1 spiro atoms. The van der Waals surface area contributed by atoms with E-state index in [2.05, 4.69) is 88.8 Å². The Kier molecular flexibility index (Phi) is 29.4. The molecule has 0 radical (unpaired) electrons. The number of aliphatic hydroxyl groups is 6. The molecular weight excluding hydrogens is 1590 g/mol. The van der Waals surface area contributed by atoms with Crippen molar-refractivity contribution in [1.82, 2.24) is 50.7 Å². The minimum absolute atomic E-state index is 0.0675. The molecule has 30 nitrogen and oxygen atoms in total. The van der Waals surface area contributed by atoms with Gasteiger partial charge in [-0.2, -0.15) is 0 Å². The molecule has 12 N–H and O–H groups in total. The van der Waals surface area contributed by atoms with Crippen LogP contribution in [0.4, 0.5) is 10.5 Å². The Hall–Kier alpha value is -8.25. The number of carboxylic acids is 1. The van der Waals surface area contributed by atoms with E-state index in [1.54, 1.807) is 32.4 Å². The summed E-state index contributed by atoms with van der Waals surface area (Å²) in [6.45, 7) is 10.2. The molecule has 1 saturated carbocycles. The number of likely N-dealkylation sites (N-methyl/N-ethyl adjacent to an activating group) is 1. The number of carbonyl (C=O) groups is 7. The van der Waals surface area contributed by atoms with Gasteiger partial charge in [-0.3, -0.25) is 43.4 Å². The van der Waals surface area contributed by atoms with Crippen molar-refractivity contribution in [3.05, 3.63) is 134 Å². The molecule has 3 aromatic carbocycles. The van der Waals surface area contributed by atoms with Gasteiger partial charge in [0.25, 0.3) is 5.56 Å². The number of nitrogens with zero attached hydrogens (tertiary/aromatic N) is 6. The van der Waals surface area contributed by atoms with Gasteiger partial charge < -0.3 is 85.5 Å². The summed E-state index contributed by atoms with van der Waals surface area (Å²) >= 11 is 0. The molecule has 656 valence electrons. The molecular formula is C89H119N11O19S2. The molecule has 2 bridgehead atoms. The predicted molar refractivity (Wildman–Crippen MR) is 457 cm³/mol. The molecule has 6 aliphatic heterocycles. The number of carboxylic acid groups (broad SMARTS) is 1. The monoisotopic (exact) mass is 1710 g/mol. The third kappa shape index (κ3) is 19.3. The van der Waals surface area contributed by atoms with Crippen molar-refractivity contribution in [3.8, 4) is 5.75 Å². The fraction of sp³-hybridized carbons (Fsp3) is 0.607. The Labute approximate surface area is 712 Å². The molecule has 7 aliphatic rings. The fourth-order valence-corrected chi connectivity index (χ4v) is 22.7. The van der Waals surface area contributed by atoms with Crippen LogP contribution in [0.2, 0.25) is 0 Å². The van der Waals surface area contributed by atoms with Crippen LogP contribution in [0.3, 0.4) is 0 Å². The number of unbranched alkanes of at least 4 members (excludes halogenated alkanes) is 6. The number of ether oxygens (including phenoxy) is 4. The number of Topliss-reactive ketones (excluding diaryl/α,β-unsaturated/α-hetero) is 3. The third-order valence-corrected chi connectivity index (χ3v) is 29.1. The van der Waals surface area contributed by atoms with Crippen molar-refractivity contribution in [2.75, 3.05) is 96.2 Å². The zero-order valence-electron chi connectivity index (χ0n) is 70.1. The lowest BCUT2D eigenvalue weighted by molar-refractivity contribution is -0.256. The number of rotatable bonds is 40. The van der Waals surface area contributed by atoms with Gasteiger partial charge in [0.1, 0.15) is 42.5 Å². The summed E-state index contributed by atoms with van der Waals surface area (Å²) in [6, 6.07) is 17.2. The standard InChI is InChI=1S/C89H119N11O19S2/c1-7-86(114)45-55-44-85(4,77-60(31-35-99(49-55)52-86)59-20-14-15-21-63(59)97-77)62-41-61-65(42-69(62)116-6)98(5)82-88(61)33-36-100-34-19-32-87(8-2,81(88)100)83(112)89(82,115)71(105)48-92-84(113)118-38-39-120-121-51-57(80(110)111)40-67(103)64(47-90-72(106)23-13-11-9-10-12-18-37-117-74-43-68(104)76(108)70(50-101)119-74)96-73(107)24-17-16-22-66(102)56-28-25-54(26-29-56)27-30-58-46-91-78-75(95-58)79(109)94-53(3)93-78/h14-15,19-21,25-26,28-29,32,41-42,46,55,57,64,68,70,74,76,81-83,97,101,104,108,112,114-115H,7-13,16-18,22-24,27,30-31,33-40,43-45,47-52H2,1-6H3,(H,90,106)(H,92,113)(H,96,107)(H,110,111)(H,91,93,94,109)/t55?,57-,64+,68-,70?,74?,76?,81+,82-,83-,85-,86+,87-,88-,89+/m1/s1. The second-order valence-electron chi connectivity index (χ2n) is 34.5. The van der Waals surface area contributed by atoms with E-state index in [4.69, 9.17) is 18.9 Å². The van der Waals surface area contributed by atoms with Crippen LogP contribution in [0.15, 0.2) is 83.8 Å². The number of amides is 3. The summed E-state index contributed by atoms with van der Waals surface area (Å²) in [6.07, 6.45) is 8.67.